The second kappa shape index (κ2) is 8.85. The summed E-state index contributed by atoms with van der Waals surface area (Å²) >= 11 is 0. The van der Waals surface area contributed by atoms with E-state index in [2.05, 4.69) is 20.3 Å². The van der Waals surface area contributed by atoms with E-state index in [1.54, 1.807) is 4.57 Å². The minimum absolute atomic E-state index is 0.0482. The highest BCUT2D eigenvalue weighted by atomic mass is 16.6. The molecule has 0 fully saturated rings. The SMILES string of the molecule is CC(=O)Nc1ncc2c(ncn2COC(COC(C)=O)COC(C)=O)n1. The first-order chi connectivity index (χ1) is 12.3. The van der Waals surface area contributed by atoms with E-state index in [-0.39, 0.29) is 31.8 Å². The van der Waals surface area contributed by atoms with Gasteiger partial charge < -0.3 is 18.8 Å². The molecule has 0 aromatic carbocycles. The van der Waals surface area contributed by atoms with Crippen LogP contribution in [0.2, 0.25) is 0 Å². The minimum atomic E-state index is -0.639. The number of nitrogens with zero attached hydrogens (tertiary/aromatic N) is 4. The van der Waals surface area contributed by atoms with Gasteiger partial charge in [-0.05, 0) is 0 Å². The number of nitrogens with one attached hydrogen (secondary N) is 1. The van der Waals surface area contributed by atoms with Crippen molar-refractivity contribution in [3.63, 3.8) is 0 Å². The molecule has 0 aliphatic carbocycles. The Bertz CT molecular complexity index is 787. The Morgan fingerprint density at radius 1 is 1.12 bits per heavy atom. The normalized spacial score (nSPS) is 10.8. The smallest absolute Gasteiger partial charge is 0.302 e. The molecule has 1 amide bonds. The fourth-order valence-corrected chi connectivity index (χ4v) is 1.92. The largest absolute Gasteiger partial charge is 0.463 e. The molecule has 0 radical (unpaired) electrons. The van der Waals surface area contributed by atoms with Crippen LogP contribution in [0.4, 0.5) is 5.95 Å². The monoisotopic (exact) mass is 365 g/mol. The predicted molar refractivity (Wildman–Crippen MR) is 87.8 cm³/mol. The number of anilines is 1. The molecule has 0 saturated heterocycles. The summed E-state index contributed by atoms with van der Waals surface area (Å²) in [6.07, 6.45) is 2.35. The average molecular weight is 365 g/mol. The summed E-state index contributed by atoms with van der Waals surface area (Å²) in [7, 11) is 0. The van der Waals surface area contributed by atoms with Crippen LogP contribution in [0.15, 0.2) is 12.5 Å². The van der Waals surface area contributed by atoms with Crippen LogP contribution in [0, 0.1) is 0 Å². The zero-order valence-corrected chi connectivity index (χ0v) is 14.6. The lowest BCUT2D eigenvalue weighted by Crippen LogP contribution is -2.28. The van der Waals surface area contributed by atoms with Crippen LogP contribution in [0.25, 0.3) is 11.2 Å². The molecule has 0 aliphatic heterocycles. The van der Waals surface area contributed by atoms with Gasteiger partial charge in [0.15, 0.2) is 5.65 Å². The molecule has 11 heteroatoms. The van der Waals surface area contributed by atoms with Crippen LogP contribution in [0.1, 0.15) is 20.8 Å². The summed E-state index contributed by atoms with van der Waals surface area (Å²) in [4.78, 5) is 45.2. The van der Waals surface area contributed by atoms with Crippen molar-refractivity contribution in [2.75, 3.05) is 18.5 Å². The Kier molecular flexibility index (Phi) is 6.55. The van der Waals surface area contributed by atoms with Gasteiger partial charge in [-0.15, -0.1) is 0 Å². The van der Waals surface area contributed by atoms with Crippen molar-refractivity contribution in [1.29, 1.82) is 0 Å². The van der Waals surface area contributed by atoms with Gasteiger partial charge in [-0.1, -0.05) is 0 Å². The lowest BCUT2D eigenvalue weighted by Gasteiger charge is -2.17. The Morgan fingerprint density at radius 2 is 1.77 bits per heavy atom. The minimum Gasteiger partial charge on any atom is -0.463 e. The molecule has 0 aliphatic rings. The van der Waals surface area contributed by atoms with Crippen molar-refractivity contribution in [3.05, 3.63) is 12.5 Å². The number of rotatable bonds is 8. The van der Waals surface area contributed by atoms with Crippen LogP contribution < -0.4 is 5.32 Å². The highest BCUT2D eigenvalue weighted by Gasteiger charge is 2.15. The van der Waals surface area contributed by atoms with Gasteiger partial charge in [0.2, 0.25) is 11.9 Å². The molecule has 11 nitrogen and oxygen atoms in total. The highest BCUT2D eigenvalue weighted by Crippen LogP contribution is 2.12. The third kappa shape index (κ3) is 5.77. The molecule has 0 spiro atoms. The maximum Gasteiger partial charge on any atom is 0.302 e. The lowest BCUT2D eigenvalue weighted by atomic mass is 10.4. The number of hydrogen-bond acceptors (Lipinski definition) is 9. The Balaban J connectivity index is 2.03. The summed E-state index contributed by atoms with van der Waals surface area (Å²) in [5.41, 5.74) is 0.960. The first-order valence-corrected chi connectivity index (χ1v) is 7.69. The molecular formula is C15H19N5O6. The molecule has 1 N–H and O–H groups in total. The van der Waals surface area contributed by atoms with Crippen molar-refractivity contribution in [2.24, 2.45) is 0 Å². The van der Waals surface area contributed by atoms with E-state index in [1.165, 1.54) is 33.3 Å². The van der Waals surface area contributed by atoms with Crippen molar-refractivity contribution in [3.8, 4) is 0 Å². The van der Waals surface area contributed by atoms with Crippen molar-refractivity contribution < 1.29 is 28.6 Å². The van der Waals surface area contributed by atoms with Gasteiger partial charge in [-0.25, -0.2) is 9.97 Å². The number of carbonyl (C=O) groups is 3. The molecule has 0 atom stereocenters. The Hall–Kier alpha value is -3.08. The third-order valence-electron chi connectivity index (χ3n) is 3.06. The van der Waals surface area contributed by atoms with E-state index in [9.17, 15) is 14.4 Å². The Labute approximate surface area is 148 Å². The van der Waals surface area contributed by atoms with Crippen molar-refractivity contribution >= 4 is 35.0 Å². The topological polar surface area (TPSA) is 135 Å². The van der Waals surface area contributed by atoms with E-state index in [0.717, 1.165) is 0 Å². The van der Waals surface area contributed by atoms with Crippen LogP contribution >= 0.6 is 0 Å². The van der Waals surface area contributed by atoms with Gasteiger partial charge in [0.25, 0.3) is 0 Å². The summed E-state index contributed by atoms with van der Waals surface area (Å²) in [6, 6.07) is 0. The second-order valence-corrected chi connectivity index (χ2v) is 5.32. The fraction of sp³-hybridized carbons (Fsp3) is 0.467. The molecule has 26 heavy (non-hydrogen) atoms. The Morgan fingerprint density at radius 3 is 2.35 bits per heavy atom. The van der Waals surface area contributed by atoms with Crippen LogP contribution in [-0.4, -0.2) is 56.7 Å². The number of amides is 1. The molecule has 2 heterocycles. The maximum absolute atomic E-state index is 11.0. The van der Waals surface area contributed by atoms with E-state index in [0.29, 0.717) is 11.2 Å². The predicted octanol–water partition coefficient (Wildman–Crippen LogP) is 0.254. The van der Waals surface area contributed by atoms with Crippen molar-refractivity contribution in [1.82, 2.24) is 19.5 Å². The van der Waals surface area contributed by atoms with Gasteiger partial charge in [0.05, 0.1) is 12.5 Å². The van der Waals surface area contributed by atoms with Gasteiger partial charge in [-0.2, -0.15) is 4.98 Å². The molecular weight excluding hydrogens is 346 g/mol. The molecule has 0 saturated carbocycles. The van der Waals surface area contributed by atoms with Gasteiger partial charge in [0, 0.05) is 20.8 Å². The highest BCUT2D eigenvalue weighted by molar-refractivity contribution is 5.87. The van der Waals surface area contributed by atoms with Crippen molar-refractivity contribution in [2.45, 2.75) is 33.6 Å². The first kappa shape index (κ1) is 19.2. The van der Waals surface area contributed by atoms with Crippen LogP contribution in [0.3, 0.4) is 0 Å². The zero-order valence-electron chi connectivity index (χ0n) is 14.6. The quantitative estimate of drug-likeness (QED) is 0.653. The first-order valence-electron chi connectivity index (χ1n) is 7.69. The standard InChI is InChI=1S/C15H19N5O6/c1-9(21)18-15-16-4-13-14(19-15)17-7-20(13)8-26-12(5-24-10(2)22)6-25-11(3)23/h4,7,12H,5-6,8H2,1-3H3,(H,16,18,19,21). The number of carbonyl (C=O) groups excluding carboxylic acids is 3. The number of imidazole rings is 1. The van der Waals surface area contributed by atoms with E-state index in [1.807, 2.05) is 0 Å². The summed E-state index contributed by atoms with van der Waals surface area (Å²) in [6.45, 7) is 3.84. The average Bonchev–Trinajstić information content (AvgIpc) is 2.95. The molecule has 0 bridgehead atoms. The van der Waals surface area contributed by atoms with E-state index < -0.39 is 18.0 Å². The van der Waals surface area contributed by atoms with Crippen LogP contribution in [0.5, 0.6) is 0 Å². The zero-order chi connectivity index (χ0) is 19.1. The number of ether oxygens (including phenoxy) is 3. The number of hydrogen-bond donors (Lipinski definition) is 1. The van der Waals surface area contributed by atoms with Gasteiger partial charge >= 0.3 is 11.9 Å². The second-order valence-electron chi connectivity index (χ2n) is 5.32. The summed E-state index contributed by atoms with van der Waals surface area (Å²) in [5, 5.41) is 2.47. The van der Waals surface area contributed by atoms with Crippen LogP contribution in [-0.2, 0) is 35.3 Å². The lowest BCUT2D eigenvalue weighted by molar-refractivity contribution is -0.154. The molecule has 2 rings (SSSR count). The maximum atomic E-state index is 11.0. The summed E-state index contributed by atoms with van der Waals surface area (Å²) in [5.74, 6) is -1.06. The fourth-order valence-electron chi connectivity index (χ4n) is 1.92. The third-order valence-corrected chi connectivity index (χ3v) is 3.06. The van der Waals surface area contributed by atoms with E-state index in [4.69, 9.17) is 14.2 Å². The molecule has 2 aromatic heterocycles. The number of fused-ring (bicyclic) bond motifs is 1. The summed E-state index contributed by atoms with van der Waals surface area (Å²) < 4.78 is 17.1. The molecule has 2 aromatic rings. The van der Waals surface area contributed by atoms with E-state index >= 15 is 0 Å². The van der Waals surface area contributed by atoms with Gasteiger partial charge in [-0.3, -0.25) is 19.7 Å². The number of aromatic nitrogens is 4. The number of esters is 2. The molecule has 140 valence electrons. The molecule has 0 unspecified atom stereocenters. The van der Waals surface area contributed by atoms with Gasteiger partial charge in [0.1, 0.15) is 31.6 Å².